The Morgan fingerprint density at radius 2 is 2.08 bits per heavy atom. The van der Waals surface area contributed by atoms with E-state index in [1.54, 1.807) is 0 Å². The smallest absolute Gasteiger partial charge is 0.364 e. The summed E-state index contributed by atoms with van der Waals surface area (Å²) in [6.07, 6.45) is 0.677. The molecular weight excluding hydrogens is 368 g/mol. The molecular formula is C19H18BrN2O2+. The molecule has 0 spiro atoms. The number of rotatable bonds is 2. The van der Waals surface area contributed by atoms with Crippen molar-refractivity contribution >= 4 is 32.8 Å². The van der Waals surface area contributed by atoms with Crippen molar-refractivity contribution in [1.29, 1.82) is 0 Å². The molecule has 4 nitrogen and oxygen atoms in total. The van der Waals surface area contributed by atoms with Crippen LogP contribution >= 0.6 is 15.9 Å². The van der Waals surface area contributed by atoms with Crippen LogP contribution in [0, 0.1) is 0 Å². The Bertz CT molecular complexity index is 919. The van der Waals surface area contributed by atoms with Gasteiger partial charge in [-0.15, -0.1) is 0 Å². The van der Waals surface area contributed by atoms with Gasteiger partial charge in [0.25, 0.3) is 0 Å². The fourth-order valence-corrected chi connectivity index (χ4v) is 4.03. The highest BCUT2D eigenvalue weighted by atomic mass is 79.9. The summed E-state index contributed by atoms with van der Waals surface area (Å²) < 4.78 is 6.05. The van der Waals surface area contributed by atoms with Crippen LogP contribution in [0.5, 0.6) is 0 Å². The number of ether oxygens (including phenoxy) is 1. The number of hydrogen-bond donors (Lipinski definition) is 2. The van der Waals surface area contributed by atoms with E-state index in [1.165, 1.54) is 23.8 Å². The van der Waals surface area contributed by atoms with Crippen molar-refractivity contribution in [3.63, 3.8) is 0 Å². The first-order valence-corrected chi connectivity index (χ1v) is 8.74. The molecule has 1 aliphatic heterocycles. The molecule has 3 N–H and O–H groups in total. The van der Waals surface area contributed by atoms with Gasteiger partial charge in [-0.25, -0.2) is 4.79 Å². The molecule has 0 unspecified atom stereocenters. The Hall–Kier alpha value is -2.11. The first kappa shape index (κ1) is 15.4. The van der Waals surface area contributed by atoms with E-state index in [0.717, 1.165) is 15.6 Å². The molecule has 1 aliphatic rings. The summed E-state index contributed by atoms with van der Waals surface area (Å²) in [6, 6.07) is 16.3. The van der Waals surface area contributed by atoms with E-state index in [2.05, 4.69) is 50.5 Å². The van der Waals surface area contributed by atoms with Crippen molar-refractivity contribution in [3.05, 3.63) is 69.8 Å². The van der Waals surface area contributed by atoms with Crippen molar-refractivity contribution in [2.24, 2.45) is 0 Å². The second kappa shape index (κ2) is 6.07. The summed E-state index contributed by atoms with van der Waals surface area (Å²) in [7, 11) is 1.45. The lowest BCUT2D eigenvalue weighted by Gasteiger charge is -2.27. The predicted octanol–water partition coefficient (Wildman–Crippen LogP) is 2.68. The van der Waals surface area contributed by atoms with Gasteiger partial charge in [0.1, 0.15) is 0 Å². The minimum Gasteiger partial charge on any atom is -0.465 e. The SMILES string of the molecule is COC(=O)[C@H]1Cc2c([nH]c3ccccc23)[C@@H](c2cccc(Br)c2)[NH2+]1. The molecule has 2 atom stereocenters. The van der Waals surface area contributed by atoms with Crippen LogP contribution < -0.4 is 5.32 Å². The van der Waals surface area contributed by atoms with Crippen molar-refractivity contribution in [2.45, 2.75) is 18.5 Å². The summed E-state index contributed by atoms with van der Waals surface area (Å²) in [5.74, 6) is -0.175. The second-order valence-corrected chi connectivity index (χ2v) is 7.04. The van der Waals surface area contributed by atoms with Crippen molar-refractivity contribution in [2.75, 3.05) is 7.11 Å². The third-order valence-corrected chi connectivity index (χ3v) is 5.21. The Kier molecular flexibility index (Phi) is 3.90. The molecule has 0 amide bonds. The standard InChI is InChI=1S/C19H17BrN2O2/c1-24-19(23)16-10-14-13-7-2-3-8-15(13)21-18(14)17(22-16)11-5-4-6-12(20)9-11/h2-9,16-17,21-22H,10H2,1H3/p+1/t16-,17-/m1/s1. The molecule has 0 saturated heterocycles. The zero-order chi connectivity index (χ0) is 16.7. The number of aromatic nitrogens is 1. The second-order valence-electron chi connectivity index (χ2n) is 6.12. The van der Waals surface area contributed by atoms with Crippen LogP contribution in [-0.4, -0.2) is 24.1 Å². The maximum atomic E-state index is 12.2. The first-order valence-electron chi connectivity index (χ1n) is 7.95. The lowest BCUT2D eigenvalue weighted by atomic mass is 9.90. The Morgan fingerprint density at radius 3 is 2.88 bits per heavy atom. The van der Waals surface area contributed by atoms with Gasteiger partial charge in [0, 0.05) is 27.4 Å². The number of para-hydroxylation sites is 1. The van der Waals surface area contributed by atoms with Gasteiger partial charge < -0.3 is 15.0 Å². The predicted molar refractivity (Wildman–Crippen MR) is 95.7 cm³/mol. The van der Waals surface area contributed by atoms with E-state index in [0.29, 0.717) is 6.42 Å². The van der Waals surface area contributed by atoms with Crippen molar-refractivity contribution in [3.8, 4) is 0 Å². The third-order valence-electron chi connectivity index (χ3n) is 4.72. The molecule has 2 heterocycles. The number of H-pyrrole nitrogens is 1. The van der Waals surface area contributed by atoms with Crippen LogP contribution in [0.3, 0.4) is 0 Å². The van der Waals surface area contributed by atoms with E-state index in [4.69, 9.17) is 4.74 Å². The lowest BCUT2D eigenvalue weighted by Crippen LogP contribution is -2.94. The van der Waals surface area contributed by atoms with Crippen LogP contribution in [0.4, 0.5) is 0 Å². The van der Waals surface area contributed by atoms with Crippen LogP contribution in [0.25, 0.3) is 10.9 Å². The lowest BCUT2D eigenvalue weighted by molar-refractivity contribution is -0.712. The van der Waals surface area contributed by atoms with Gasteiger partial charge in [0.2, 0.25) is 0 Å². The number of quaternary nitrogens is 1. The number of halogens is 1. The number of methoxy groups -OCH3 is 1. The number of carbonyl (C=O) groups is 1. The van der Waals surface area contributed by atoms with E-state index in [9.17, 15) is 4.79 Å². The van der Waals surface area contributed by atoms with Gasteiger partial charge in [-0.3, -0.25) is 0 Å². The summed E-state index contributed by atoms with van der Waals surface area (Å²) in [6.45, 7) is 0. The Labute approximate surface area is 148 Å². The molecule has 0 saturated carbocycles. The minimum atomic E-state index is -0.231. The maximum Gasteiger partial charge on any atom is 0.364 e. The molecule has 24 heavy (non-hydrogen) atoms. The van der Waals surface area contributed by atoms with Gasteiger partial charge in [-0.05, 0) is 23.8 Å². The average Bonchev–Trinajstić information content (AvgIpc) is 2.99. The van der Waals surface area contributed by atoms with Gasteiger partial charge in [0.15, 0.2) is 12.1 Å². The highest BCUT2D eigenvalue weighted by Gasteiger charge is 2.38. The molecule has 5 heteroatoms. The minimum absolute atomic E-state index is 0.0442. The Morgan fingerprint density at radius 1 is 1.25 bits per heavy atom. The molecule has 122 valence electrons. The zero-order valence-corrected chi connectivity index (χ0v) is 14.8. The van der Waals surface area contributed by atoms with Crippen LogP contribution in [-0.2, 0) is 16.0 Å². The third kappa shape index (κ3) is 2.54. The summed E-state index contributed by atoms with van der Waals surface area (Å²) in [4.78, 5) is 15.8. The Balaban J connectivity index is 1.88. The summed E-state index contributed by atoms with van der Waals surface area (Å²) >= 11 is 3.55. The van der Waals surface area contributed by atoms with Gasteiger partial charge in [0.05, 0.1) is 12.8 Å². The molecule has 0 aliphatic carbocycles. The van der Waals surface area contributed by atoms with Crippen molar-refractivity contribution in [1.82, 2.24) is 4.98 Å². The van der Waals surface area contributed by atoms with Gasteiger partial charge >= 0.3 is 5.97 Å². The van der Waals surface area contributed by atoms with Crippen LogP contribution in [0.2, 0.25) is 0 Å². The molecule has 2 aromatic carbocycles. The molecule has 0 bridgehead atoms. The number of benzene rings is 2. The van der Waals surface area contributed by atoms with E-state index < -0.39 is 0 Å². The number of esters is 1. The number of aromatic amines is 1. The topological polar surface area (TPSA) is 58.7 Å². The first-order chi connectivity index (χ1) is 11.7. The summed E-state index contributed by atoms with van der Waals surface area (Å²) in [5, 5.41) is 3.29. The fourth-order valence-electron chi connectivity index (χ4n) is 3.61. The monoisotopic (exact) mass is 385 g/mol. The molecule has 1 aromatic heterocycles. The number of carbonyl (C=O) groups excluding carboxylic acids is 1. The highest BCUT2D eigenvalue weighted by Crippen LogP contribution is 2.32. The molecule has 3 aromatic rings. The number of nitrogens with two attached hydrogens (primary N) is 1. The number of fused-ring (bicyclic) bond motifs is 3. The average molecular weight is 386 g/mol. The molecule has 0 radical (unpaired) electrons. The van der Waals surface area contributed by atoms with E-state index in [1.807, 2.05) is 24.3 Å². The van der Waals surface area contributed by atoms with E-state index in [-0.39, 0.29) is 18.1 Å². The fraction of sp³-hybridized carbons (Fsp3) is 0.211. The largest absolute Gasteiger partial charge is 0.465 e. The summed E-state index contributed by atoms with van der Waals surface area (Å²) in [5.41, 5.74) is 4.66. The maximum absolute atomic E-state index is 12.2. The zero-order valence-electron chi connectivity index (χ0n) is 13.3. The molecule has 4 rings (SSSR count). The quantitative estimate of drug-likeness (QED) is 0.666. The van der Waals surface area contributed by atoms with Crippen molar-refractivity contribution < 1.29 is 14.8 Å². The van der Waals surface area contributed by atoms with Crippen LogP contribution in [0.15, 0.2) is 53.0 Å². The van der Waals surface area contributed by atoms with Gasteiger partial charge in [-0.1, -0.05) is 46.3 Å². The number of nitrogens with one attached hydrogen (secondary N) is 1. The van der Waals surface area contributed by atoms with E-state index >= 15 is 0 Å². The normalized spacial score (nSPS) is 19.9. The van der Waals surface area contributed by atoms with Gasteiger partial charge in [-0.2, -0.15) is 0 Å². The van der Waals surface area contributed by atoms with Crippen LogP contribution in [0.1, 0.15) is 22.9 Å². The highest BCUT2D eigenvalue weighted by molar-refractivity contribution is 9.10. The molecule has 0 fully saturated rings. The number of hydrogen-bond acceptors (Lipinski definition) is 2.